The largest absolute Gasteiger partial charge is 0.366 e. The van der Waals surface area contributed by atoms with E-state index in [4.69, 9.17) is 5.73 Å². The minimum Gasteiger partial charge on any atom is -0.366 e. The second kappa shape index (κ2) is 5.80. The Kier molecular flexibility index (Phi) is 4.12. The first-order chi connectivity index (χ1) is 8.68. The number of rotatable bonds is 5. The summed E-state index contributed by atoms with van der Waals surface area (Å²) >= 11 is 1.68. The maximum atomic E-state index is 11.3. The molecule has 0 saturated heterocycles. The molecule has 4 heteroatoms. The number of nitrogens with one attached hydrogen (secondary N) is 1. The van der Waals surface area contributed by atoms with Crippen LogP contribution >= 0.6 is 11.3 Å². The molecule has 0 spiro atoms. The van der Waals surface area contributed by atoms with E-state index in [0.29, 0.717) is 12.1 Å². The molecule has 1 unspecified atom stereocenters. The number of nitrogens with two attached hydrogens (primary N) is 1. The maximum Gasteiger partial charge on any atom is 0.249 e. The zero-order chi connectivity index (χ0) is 13.0. The fourth-order valence-corrected chi connectivity index (χ4v) is 2.57. The topological polar surface area (TPSA) is 55.1 Å². The van der Waals surface area contributed by atoms with Gasteiger partial charge in [0.05, 0.1) is 0 Å². The van der Waals surface area contributed by atoms with Crippen LogP contribution in [0.15, 0.2) is 41.1 Å². The van der Waals surface area contributed by atoms with Gasteiger partial charge >= 0.3 is 0 Å². The van der Waals surface area contributed by atoms with E-state index >= 15 is 0 Å². The van der Waals surface area contributed by atoms with Gasteiger partial charge < -0.3 is 11.1 Å². The Bertz CT molecular complexity index is 522. The second-order valence-corrected chi connectivity index (χ2v) is 4.96. The standard InChI is InChI=1S/C14H16N2OS/c1-10(12-6-7-18-9-12)16-8-11-4-2-3-5-13(11)14(15)17/h2-7,9-10,16H,8H2,1H3,(H2,15,17). The molecule has 3 N–H and O–H groups in total. The third-order valence-corrected chi connectivity index (χ3v) is 3.63. The number of benzene rings is 1. The summed E-state index contributed by atoms with van der Waals surface area (Å²) in [6, 6.07) is 9.78. The summed E-state index contributed by atoms with van der Waals surface area (Å²) in [6.07, 6.45) is 0. The number of carbonyl (C=O) groups excluding carboxylic acids is 1. The van der Waals surface area contributed by atoms with Gasteiger partial charge in [0.1, 0.15) is 0 Å². The Balaban J connectivity index is 2.04. The van der Waals surface area contributed by atoms with Crippen molar-refractivity contribution in [1.82, 2.24) is 5.32 Å². The van der Waals surface area contributed by atoms with Crippen molar-refractivity contribution < 1.29 is 4.79 Å². The van der Waals surface area contributed by atoms with Crippen molar-refractivity contribution in [3.05, 3.63) is 57.8 Å². The fourth-order valence-electron chi connectivity index (χ4n) is 1.82. The molecule has 1 heterocycles. The molecule has 94 valence electrons. The highest BCUT2D eigenvalue weighted by Gasteiger charge is 2.09. The lowest BCUT2D eigenvalue weighted by Crippen LogP contribution is -2.21. The Morgan fingerprint density at radius 2 is 2.17 bits per heavy atom. The van der Waals surface area contributed by atoms with E-state index < -0.39 is 0 Å². The highest BCUT2D eigenvalue weighted by atomic mass is 32.1. The monoisotopic (exact) mass is 260 g/mol. The molecule has 1 aromatic heterocycles. The van der Waals surface area contributed by atoms with Crippen LogP contribution in [0.1, 0.15) is 34.5 Å². The number of primary amides is 1. The van der Waals surface area contributed by atoms with Crippen molar-refractivity contribution >= 4 is 17.2 Å². The fraction of sp³-hybridized carbons (Fsp3) is 0.214. The third kappa shape index (κ3) is 2.97. The van der Waals surface area contributed by atoms with Crippen molar-refractivity contribution in [2.75, 3.05) is 0 Å². The van der Waals surface area contributed by atoms with Crippen LogP contribution in [0.4, 0.5) is 0 Å². The average Bonchev–Trinajstić information content (AvgIpc) is 2.90. The number of hydrogen-bond acceptors (Lipinski definition) is 3. The molecule has 0 saturated carbocycles. The lowest BCUT2D eigenvalue weighted by molar-refractivity contribution is 0.0999. The molecule has 18 heavy (non-hydrogen) atoms. The van der Waals surface area contributed by atoms with Crippen LogP contribution < -0.4 is 11.1 Å². The number of amides is 1. The second-order valence-electron chi connectivity index (χ2n) is 4.18. The molecular weight excluding hydrogens is 244 g/mol. The molecular formula is C14H16N2OS. The zero-order valence-corrected chi connectivity index (χ0v) is 11.0. The van der Waals surface area contributed by atoms with Crippen molar-refractivity contribution in [2.45, 2.75) is 19.5 Å². The van der Waals surface area contributed by atoms with Crippen LogP contribution in [-0.4, -0.2) is 5.91 Å². The van der Waals surface area contributed by atoms with Crippen LogP contribution in [0.5, 0.6) is 0 Å². The van der Waals surface area contributed by atoms with E-state index in [9.17, 15) is 4.79 Å². The number of carbonyl (C=O) groups is 1. The third-order valence-electron chi connectivity index (χ3n) is 2.92. The Labute approximate surface area is 111 Å². The van der Waals surface area contributed by atoms with Gasteiger partial charge in [0.15, 0.2) is 0 Å². The number of thiophene rings is 1. The Morgan fingerprint density at radius 3 is 2.83 bits per heavy atom. The summed E-state index contributed by atoms with van der Waals surface area (Å²) in [7, 11) is 0. The molecule has 0 aliphatic rings. The first kappa shape index (κ1) is 12.8. The van der Waals surface area contributed by atoms with Gasteiger partial charge in [-0.25, -0.2) is 0 Å². The van der Waals surface area contributed by atoms with E-state index in [1.54, 1.807) is 17.4 Å². The predicted molar refractivity (Wildman–Crippen MR) is 74.5 cm³/mol. The summed E-state index contributed by atoms with van der Waals surface area (Å²) in [5.41, 5.74) is 8.13. The summed E-state index contributed by atoms with van der Waals surface area (Å²) in [5, 5.41) is 7.58. The molecule has 0 aliphatic carbocycles. The molecule has 0 bridgehead atoms. The summed E-state index contributed by atoms with van der Waals surface area (Å²) in [5.74, 6) is -0.379. The van der Waals surface area contributed by atoms with Crippen molar-refractivity contribution in [2.24, 2.45) is 5.73 Å². The summed E-state index contributed by atoms with van der Waals surface area (Å²) in [4.78, 5) is 11.3. The van der Waals surface area contributed by atoms with Gasteiger partial charge in [-0.2, -0.15) is 11.3 Å². The lowest BCUT2D eigenvalue weighted by Gasteiger charge is -2.14. The lowest BCUT2D eigenvalue weighted by atomic mass is 10.1. The minimum absolute atomic E-state index is 0.261. The van der Waals surface area contributed by atoms with E-state index in [2.05, 4.69) is 29.1 Å². The SMILES string of the molecule is CC(NCc1ccccc1C(N)=O)c1ccsc1. The molecule has 2 rings (SSSR count). The van der Waals surface area contributed by atoms with Gasteiger partial charge in [-0.1, -0.05) is 18.2 Å². The molecule has 2 aromatic rings. The molecule has 3 nitrogen and oxygen atoms in total. The van der Waals surface area contributed by atoms with Gasteiger partial charge in [-0.15, -0.1) is 0 Å². The first-order valence-electron chi connectivity index (χ1n) is 5.81. The predicted octanol–water partition coefficient (Wildman–Crippen LogP) is 2.70. The first-order valence-corrected chi connectivity index (χ1v) is 6.76. The molecule has 0 fully saturated rings. The van der Waals surface area contributed by atoms with Gasteiger partial charge in [0.25, 0.3) is 0 Å². The minimum atomic E-state index is -0.379. The molecule has 1 amide bonds. The van der Waals surface area contributed by atoms with Crippen molar-refractivity contribution in [3.8, 4) is 0 Å². The van der Waals surface area contributed by atoms with Crippen LogP contribution in [0.25, 0.3) is 0 Å². The Hall–Kier alpha value is -1.65. The zero-order valence-electron chi connectivity index (χ0n) is 10.2. The summed E-state index contributed by atoms with van der Waals surface area (Å²) in [6.45, 7) is 2.74. The number of hydrogen-bond donors (Lipinski definition) is 2. The van der Waals surface area contributed by atoms with Crippen LogP contribution in [-0.2, 0) is 6.54 Å². The molecule has 0 radical (unpaired) electrons. The van der Waals surface area contributed by atoms with E-state index in [1.165, 1.54) is 5.56 Å². The van der Waals surface area contributed by atoms with Crippen LogP contribution in [0.2, 0.25) is 0 Å². The maximum absolute atomic E-state index is 11.3. The average molecular weight is 260 g/mol. The van der Waals surface area contributed by atoms with Crippen LogP contribution in [0.3, 0.4) is 0 Å². The van der Waals surface area contributed by atoms with Crippen molar-refractivity contribution in [1.29, 1.82) is 0 Å². The van der Waals surface area contributed by atoms with Crippen molar-refractivity contribution in [3.63, 3.8) is 0 Å². The Morgan fingerprint density at radius 1 is 1.39 bits per heavy atom. The highest BCUT2D eigenvalue weighted by Crippen LogP contribution is 2.17. The van der Waals surface area contributed by atoms with Gasteiger partial charge in [0.2, 0.25) is 5.91 Å². The van der Waals surface area contributed by atoms with E-state index in [1.807, 2.05) is 18.2 Å². The van der Waals surface area contributed by atoms with Gasteiger partial charge in [-0.05, 0) is 40.9 Å². The summed E-state index contributed by atoms with van der Waals surface area (Å²) < 4.78 is 0. The van der Waals surface area contributed by atoms with Gasteiger partial charge in [0, 0.05) is 18.2 Å². The highest BCUT2D eigenvalue weighted by molar-refractivity contribution is 7.07. The normalized spacial score (nSPS) is 12.3. The van der Waals surface area contributed by atoms with E-state index in [-0.39, 0.29) is 11.9 Å². The van der Waals surface area contributed by atoms with Gasteiger partial charge in [-0.3, -0.25) is 4.79 Å². The smallest absolute Gasteiger partial charge is 0.249 e. The quantitative estimate of drug-likeness (QED) is 0.868. The molecule has 1 atom stereocenters. The van der Waals surface area contributed by atoms with Crippen LogP contribution in [0, 0.1) is 0 Å². The molecule has 0 aliphatic heterocycles. The van der Waals surface area contributed by atoms with E-state index in [0.717, 1.165) is 5.56 Å². The molecule has 1 aromatic carbocycles.